The summed E-state index contributed by atoms with van der Waals surface area (Å²) in [5, 5.41) is 3.26. The largest absolute Gasteiger partial charge is 0.334 e. The number of pyridine rings is 1. The summed E-state index contributed by atoms with van der Waals surface area (Å²) < 4.78 is 0. The summed E-state index contributed by atoms with van der Waals surface area (Å²) in [6, 6.07) is 8.44. The van der Waals surface area contributed by atoms with Gasteiger partial charge in [0.2, 0.25) is 0 Å². The van der Waals surface area contributed by atoms with Crippen molar-refractivity contribution >= 4 is 17.4 Å². The molecule has 1 N–H and O–H groups in total. The quantitative estimate of drug-likeness (QED) is 0.842. The van der Waals surface area contributed by atoms with Gasteiger partial charge in [0.15, 0.2) is 0 Å². The van der Waals surface area contributed by atoms with Crippen molar-refractivity contribution in [3.63, 3.8) is 0 Å². The zero-order valence-corrected chi connectivity index (χ0v) is 16.5. The molecule has 0 bridgehead atoms. The number of likely N-dealkylation sites (tertiary alicyclic amines) is 1. The predicted molar refractivity (Wildman–Crippen MR) is 106 cm³/mol. The fourth-order valence-electron chi connectivity index (χ4n) is 3.39. The lowest BCUT2D eigenvalue weighted by Gasteiger charge is -2.34. The van der Waals surface area contributed by atoms with E-state index in [1.807, 2.05) is 17.0 Å². The van der Waals surface area contributed by atoms with Gasteiger partial charge in [-0.2, -0.15) is 0 Å². The van der Waals surface area contributed by atoms with Crippen molar-refractivity contribution in [2.75, 3.05) is 19.6 Å². The van der Waals surface area contributed by atoms with Crippen LogP contribution in [0.5, 0.6) is 0 Å². The van der Waals surface area contributed by atoms with Crippen molar-refractivity contribution in [1.82, 2.24) is 20.1 Å². The number of thiophene rings is 1. The number of nitrogens with zero attached hydrogens (tertiary/aromatic N) is 3. The number of nitrogens with one attached hydrogen (secondary N) is 1. The van der Waals surface area contributed by atoms with Crippen LogP contribution < -0.4 is 5.32 Å². The van der Waals surface area contributed by atoms with Crippen LogP contribution in [0.15, 0.2) is 36.7 Å². The van der Waals surface area contributed by atoms with Gasteiger partial charge < -0.3 is 15.1 Å². The highest BCUT2D eigenvalue weighted by Gasteiger charge is 2.23. The predicted octanol–water partition coefficient (Wildman–Crippen LogP) is 3.65. The molecule has 1 aliphatic rings. The second-order valence-corrected chi connectivity index (χ2v) is 8.28. The van der Waals surface area contributed by atoms with Crippen LogP contribution in [-0.2, 0) is 13.1 Å². The van der Waals surface area contributed by atoms with Crippen LogP contribution in [0.4, 0.5) is 4.79 Å². The number of carbonyl (C=O) groups is 1. The zero-order valence-electron chi connectivity index (χ0n) is 15.6. The lowest BCUT2D eigenvalue weighted by atomic mass is 10.1. The van der Waals surface area contributed by atoms with E-state index >= 15 is 0 Å². The Kier molecular flexibility index (Phi) is 6.63. The summed E-state index contributed by atoms with van der Waals surface area (Å²) in [4.78, 5) is 23.9. The highest BCUT2D eigenvalue weighted by atomic mass is 32.1. The van der Waals surface area contributed by atoms with Crippen molar-refractivity contribution < 1.29 is 4.79 Å². The van der Waals surface area contributed by atoms with Gasteiger partial charge in [-0.3, -0.25) is 4.98 Å². The van der Waals surface area contributed by atoms with E-state index in [-0.39, 0.29) is 12.1 Å². The van der Waals surface area contributed by atoms with E-state index in [9.17, 15) is 4.79 Å². The van der Waals surface area contributed by atoms with Crippen molar-refractivity contribution in [2.24, 2.45) is 0 Å². The van der Waals surface area contributed by atoms with E-state index in [2.05, 4.69) is 41.2 Å². The summed E-state index contributed by atoms with van der Waals surface area (Å²) in [6.07, 6.45) is 5.76. The topological polar surface area (TPSA) is 48.5 Å². The van der Waals surface area contributed by atoms with Gasteiger partial charge in [0.05, 0.1) is 6.54 Å². The van der Waals surface area contributed by atoms with E-state index in [1.54, 1.807) is 23.7 Å². The van der Waals surface area contributed by atoms with Gasteiger partial charge in [-0.25, -0.2) is 4.79 Å². The second kappa shape index (κ2) is 9.14. The third-order valence-corrected chi connectivity index (χ3v) is 5.82. The Morgan fingerprint density at radius 3 is 2.81 bits per heavy atom. The molecule has 2 amide bonds. The number of urea groups is 1. The van der Waals surface area contributed by atoms with Gasteiger partial charge in [0.25, 0.3) is 0 Å². The first-order chi connectivity index (χ1) is 12.6. The van der Waals surface area contributed by atoms with E-state index < -0.39 is 0 Å². The molecule has 2 aromatic heterocycles. The van der Waals surface area contributed by atoms with Crippen molar-refractivity contribution in [2.45, 2.75) is 45.8 Å². The first-order valence-corrected chi connectivity index (χ1v) is 10.2. The number of amides is 2. The molecule has 0 aromatic carbocycles. The average Bonchev–Trinajstić information content (AvgIpc) is 3.07. The number of aromatic nitrogens is 1. The van der Waals surface area contributed by atoms with Crippen LogP contribution >= 0.6 is 11.3 Å². The maximum atomic E-state index is 13.0. The maximum Gasteiger partial charge on any atom is 0.318 e. The van der Waals surface area contributed by atoms with Gasteiger partial charge >= 0.3 is 6.03 Å². The third-order valence-electron chi connectivity index (χ3n) is 4.83. The molecular formula is C20H28N4OS. The average molecular weight is 373 g/mol. The monoisotopic (exact) mass is 372 g/mol. The van der Waals surface area contributed by atoms with Crippen LogP contribution in [0.2, 0.25) is 0 Å². The number of carbonyl (C=O) groups excluding carboxylic acids is 1. The fraction of sp³-hybridized carbons (Fsp3) is 0.500. The Labute approximate surface area is 160 Å². The molecule has 140 valence electrons. The van der Waals surface area contributed by atoms with Gasteiger partial charge in [-0.15, -0.1) is 11.3 Å². The molecule has 0 aliphatic carbocycles. The summed E-state index contributed by atoms with van der Waals surface area (Å²) in [7, 11) is 0. The normalized spacial score (nSPS) is 17.8. The van der Waals surface area contributed by atoms with Crippen LogP contribution in [0, 0.1) is 6.92 Å². The molecule has 0 radical (unpaired) electrons. The summed E-state index contributed by atoms with van der Waals surface area (Å²) >= 11 is 1.75. The maximum absolute atomic E-state index is 13.0. The molecule has 1 fully saturated rings. The molecule has 2 aromatic rings. The van der Waals surface area contributed by atoms with Crippen molar-refractivity contribution in [1.29, 1.82) is 0 Å². The first kappa shape index (κ1) is 18.9. The van der Waals surface area contributed by atoms with E-state index in [1.165, 1.54) is 9.75 Å². The van der Waals surface area contributed by atoms with Crippen LogP contribution in [0.3, 0.4) is 0 Å². The van der Waals surface area contributed by atoms with Crippen LogP contribution in [-0.4, -0.2) is 46.5 Å². The van der Waals surface area contributed by atoms with E-state index in [4.69, 9.17) is 0 Å². The van der Waals surface area contributed by atoms with E-state index in [0.717, 1.165) is 38.0 Å². The summed E-state index contributed by atoms with van der Waals surface area (Å²) in [5.41, 5.74) is 1.10. The first-order valence-electron chi connectivity index (χ1n) is 9.36. The molecule has 26 heavy (non-hydrogen) atoms. The molecule has 0 unspecified atom stereocenters. The smallest absolute Gasteiger partial charge is 0.318 e. The Morgan fingerprint density at radius 1 is 1.31 bits per heavy atom. The highest BCUT2D eigenvalue weighted by Crippen LogP contribution is 2.19. The molecule has 3 rings (SSSR count). The minimum Gasteiger partial charge on any atom is -0.334 e. The SMILES string of the molecule is CCN1CCC[C@@H](NC(=O)N(Cc2ccncc2)Cc2ccc(C)s2)C1. The van der Waals surface area contributed by atoms with Crippen LogP contribution in [0.25, 0.3) is 0 Å². The molecular weight excluding hydrogens is 344 g/mol. The summed E-state index contributed by atoms with van der Waals surface area (Å²) in [6.45, 7) is 8.64. The lowest BCUT2D eigenvalue weighted by Crippen LogP contribution is -2.51. The molecule has 1 aliphatic heterocycles. The van der Waals surface area contributed by atoms with E-state index in [0.29, 0.717) is 13.1 Å². The van der Waals surface area contributed by atoms with Crippen molar-refractivity contribution in [3.05, 3.63) is 52.0 Å². The number of hydrogen-bond acceptors (Lipinski definition) is 4. The minimum absolute atomic E-state index is 0.0239. The number of hydrogen-bond donors (Lipinski definition) is 1. The molecule has 3 heterocycles. The van der Waals surface area contributed by atoms with Gasteiger partial charge in [-0.05, 0) is 62.7 Å². The second-order valence-electron chi connectivity index (χ2n) is 6.91. The van der Waals surface area contributed by atoms with Crippen molar-refractivity contribution in [3.8, 4) is 0 Å². The minimum atomic E-state index is 0.0239. The molecule has 0 spiro atoms. The Balaban J connectivity index is 1.68. The van der Waals surface area contributed by atoms with Gasteiger partial charge in [0, 0.05) is 41.3 Å². The summed E-state index contributed by atoms with van der Waals surface area (Å²) in [5.74, 6) is 0. The van der Waals surface area contributed by atoms with Crippen LogP contribution in [0.1, 0.15) is 35.1 Å². The number of aryl methyl sites for hydroxylation is 1. The molecule has 6 heteroatoms. The van der Waals surface area contributed by atoms with Gasteiger partial charge in [0.1, 0.15) is 0 Å². The molecule has 0 saturated carbocycles. The highest BCUT2D eigenvalue weighted by molar-refractivity contribution is 7.11. The lowest BCUT2D eigenvalue weighted by molar-refractivity contribution is 0.166. The molecule has 1 saturated heterocycles. The fourth-order valence-corrected chi connectivity index (χ4v) is 4.30. The number of piperidine rings is 1. The number of rotatable bonds is 6. The zero-order chi connectivity index (χ0) is 18.4. The Morgan fingerprint density at radius 2 is 2.12 bits per heavy atom. The molecule has 5 nitrogen and oxygen atoms in total. The Hall–Kier alpha value is -1.92. The standard InChI is InChI=1S/C20H28N4OS/c1-3-23-12-4-5-18(14-23)22-20(25)24(13-17-8-10-21-11-9-17)15-19-7-6-16(2)26-19/h6-11,18H,3-5,12-15H2,1-2H3,(H,22,25)/t18-/m1/s1. The Bertz CT molecular complexity index is 703. The molecule has 1 atom stereocenters. The van der Waals surface area contributed by atoms with Gasteiger partial charge in [-0.1, -0.05) is 6.92 Å². The third kappa shape index (κ3) is 5.29. The number of likely N-dealkylation sites (N-methyl/N-ethyl adjacent to an activating group) is 1.